The fourth-order valence-corrected chi connectivity index (χ4v) is 4.27. The largest absolute Gasteiger partial charge is 0.495 e. The van der Waals surface area contributed by atoms with E-state index in [1.807, 2.05) is 59.5 Å². The molecule has 1 heterocycles. The molecule has 0 bridgehead atoms. The number of ether oxygens (including phenoxy) is 1. The van der Waals surface area contributed by atoms with E-state index in [0.717, 1.165) is 35.7 Å². The van der Waals surface area contributed by atoms with Gasteiger partial charge in [0.25, 0.3) is 11.8 Å². The summed E-state index contributed by atoms with van der Waals surface area (Å²) in [6.07, 6.45) is 2.96. The van der Waals surface area contributed by atoms with Gasteiger partial charge in [0.05, 0.1) is 18.8 Å². The van der Waals surface area contributed by atoms with Crippen molar-refractivity contribution in [3.8, 4) is 5.75 Å². The van der Waals surface area contributed by atoms with Crippen molar-refractivity contribution in [2.24, 2.45) is 0 Å². The van der Waals surface area contributed by atoms with Gasteiger partial charge in [0.15, 0.2) is 0 Å². The van der Waals surface area contributed by atoms with E-state index in [1.165, 1.54) is 6.08 Å². The van der Waals surface area contributed by atoms with E-state index in [4.69, 9.17) is 4.74 Å². The number of hydrogen-bond donors (Lipinski definition) is 1. The second kappa shape index (κ2) is 11.6. The van der Waals surface area contributed by atoms with Gasteiger partial charge in [0, 0.05) is 37.8 Å². The van der Waals surface area contributed by atoms with Gasteiger partial charge in [-0.3, -0.25) is 14.8 Å². The average molecular weight is 486 g/mol. The van der Waals surface area contributed by atoms with E-state index in [9.17, 15) is 14.8 Å². The summed E-state index contributed by atoms with van der Waals surface area (Å²) in [6.45, 7) is 4.47. The van der Waals surface area contributed by atoms with E-state index in [1.54, 1.807) is 44.4 Å². The summed E-state index contributed by atoms with van der Waals surface area (Å²) in [5.74, 6) is 0.303. The first kappa shape index (κ1) is 25.0. The highest BCUT2D eigenvalue weighted by Crippen LogP contribution is 2.28. The van der Waals surface area contributed by atoms with Gasteiger partial charge in [-0.1, -0.05) is 54.6 Å². The highest BCUT2D eigenvalue weighted by Gasteiger charge is 2.23. The number of piperazine rings is 1. The summed E-state index contributed by atoms with van der Waals surface area (Å²) < 4.78 is 5.47. The van der Waals surface area contributed by atoms with Crippen LogP contribution in [-0.4, -0.2) is 60.3 Å². The third kappa shape index (κ3) is 5.75. The van der Waals surface area contributed by atoms with Crippen LogP contribution in [0.2, 0.25) is 0 Å². The molecule has 1 fully saturated rings. The first-order chi connectivity index (χ1) is 17.5. The van der Waals surface area contributed by atoms with Crippen LogP contribution < -0.4 is 9.64 Å². The molecule has 7 heteroatoms. The number of benzene rings is 3. The summed E-state index contributed by atoms with van der Waals surface area (Å²) in [7, 11) is 1.67. The van der Waals surface area contributed by atoms with Crippen LogP contribution in [0.4, 0.5) is 5.69 Å². The molecule has 0 saturated carbocycles. The maximum atomic E-state index is 13.0. The Morgan fingerprint density at radius 1 is 0.917 bits per heavy atom. The molecule has 2 amide bonds. The van der Waals surface area contributed by atoms with Crippen molar-refractivity contribution in [2.75, 3.05) is 38.2 Å². The molecule has 1 aliphatic rings. The van der Waals surface area contributed by atoms with Crippen molar-refractivity contribution in [3.05, 3.63) is 102 Å². The second-order valence-corrected chi connectivity index (χ2v) is 8.68. The van der Waals surface area contributed by atoms with Crippen molar-refractivity contribution in [1.29, 1.82) is 0 Å². The Morgan fingerprint density at radius 2 is 1.56 bits per heavy atom. The van der Waals surface area contributed by atoms with Crippen molar-refractivity contribution in [1.82, 2.24) is 9.96 Å². The molecule has 1 atom stereocenters. The smallest absolute Gasteiger partial charge is 0.270 e. The number of hydroxylamine groups is 2. The Balaban J connectivity index is 1.32. The Kier molecular flexibility index (Phi) is 8.02. The van der Waals surface area contributed by atoms with Crippen LogP contribution in [0.5, 0.6) is 5.75 Å². The molecule has 0 aromatic heterocycles. The summed E-state index contributed by atoms with van der Waals surface area (Å²) in [5.41, 5.74) is 3.25. The second-order valence-electron chi connectivity index (χ2n) is 8.68. The first-order valence-corrected chi connectivity index (χ1v) is 12.0. The molecule has 36 heavy (non-hydrogen) atoms. The number of carbonyl (C=O) groups is 2. The zero-order chi connectivity index (χ0) is 25.5. The van der Waals surface area contributed by atoms with Gasteiger partial charge in [-0.05, 0) is 48.4 Å². The average Bonchev–Trinajstić information content (AvgIpc) is 2.95. The monoisotopic (exact) mass is 485 g/mol. The van der Waals surface area contributed by atoms with Crippen molar-refractivity contribution < 1.29 is 19.5 Å². The molecule has 0 radical (unpaired) electrons. The molecule has 1 saturated heterocycles. The number of methoxy groups -OCH3 is 1. The number of amides is 2. The highest BCUT2D eigenvalue weighted by molar-refractivity contribution is 5.95. The lowest BCUT2D eigenvalue weighted by atomic mass is 10.1. The predicted octanol–water partition coefficient (Wildman–Crippen LogP) is 4.65. The SMILES string of the molecule is COc1ccccc1N1CCN(C(=O)c2ccc(C=CC(=O)N(O)C(C)c3ccccc3)cc2)CC1. The molecule has 4 rings (SSSR count). The molecule has 3 aromatic carbocycles. The fraction of sp³-hybridized carbons (Fsp3) is 0.241. The number of para-hydroxylation sites is 2. The highest BCUT2D eigenvalue weighted by atomic mass is 16.5. The number of anilines is 1. The van der Waals surface area contributed by atoms with Crippen LogP contribution in [-0.2, 0) is 4.79 Å². The van der Waals surface area contributed by atoms with Crippen LogP contribution in [0.1, 0.15) is 34.5 Å². The predicted molar refractivity (Wildman–Crippen MR) is 140 cm³/mol. The van der Waals surface area contributed by atoms with Crippen LogP contribution in [0.3, 0.4) is 0 Å². The van der Waals surface area contributed by atoms with Gasteiger partial charge < -0.3 is 14.5 Å². The van der Waals surface area contributed by atoms with Crippen molar-refractivity contribution in [3.63, 3.8) is 0 Å². The van der Waals surface area contributed by atoms with E-state index < -0.39 is 11.9 Å². The zero-order valence-corrected chi connectivity index (χ0v) is 20.6. The van der Waals surface area contributed by atoms with Gasteiger partial charge in [0.1, 0.15) is 5.75 Å². The van der Waals surface area contributed by atoms with Gasteiger partial charge in [0.2, 0.25) is 0 Å². The van der Waals surface area contributed by atoms with Gasteiger partial charge in [-0.25, -0.2) is 5.06 Å². The third-order valence-corrected chi connectivity index (χ3v) is 6.44. The van der Waals surface area contributed by atoms with Crippen LogP contribution >= 0.6 is 0 Å². The Bertz CT molecular complexity index is 1200. The van der Waals surface area contributed by atoms with E-state index in [2.05, 4.69) is 4.90 Å². The number of rotatable bonds is 7. The minimum Gasteiger partial charge on any atom is -0.495 e. The lowest BCUT2D eigenvalue weighted by Crippen LogP contribution is -2.48. The van der Waals surface area contributed by atoms with Crippen molar-refractivity contribution >= 4 is 23.6 Å². The molecule has 7 nitrogen and oxygen atoms in total. The molecule has 1 aliphatic heterocycles. The molecular formula is C29H31N3O4. The Morgan fingerprint density at radius 3 is 2.22 bits per heavy atom. The fourth-order valence-electron chi connectivity index (χ4n) is 4.27. The molecule has 1 unspecified atom stereocenters. The number of hydrogen-bond acceptors (Lipinski definition) is 5. The van der Waals surface area contributed by atoms with Gasteiger partial charge in [-0.2, -0.15) is 0 Å². The zero-order valence-electron chi connectivity index (χ0n) is 20.6. The Hall–Kier alpha value is -4.10. The summed E-state index contributed by atoms with van der Waals surface area (Å²) in [4.78, 5) is 29.5. The molecule has 3 aromatic rings. The third-order valence-electron chi connectivity index (χ3n) is 6.44. The lowest BCUT2D eigenvalue weighted by Gasteiger charge is -2.36. The lowest BCUT2D eigenvalue weighted by molar-refractivity contribution is -0.169. The van der Waals surface area contributed by atoms with Gasteiger partial charge >= 0.3 is 0 Å². The van der Waals surface area contributed by atoms with E-state index >= 15 is 0 Å². The maximum Gasteiger partial charge on any atom is 0.270 e. The summed E-state index contributed by atoms with van der Waals surface area (Å²) >= 11 is 0. The number of nitrogens with zero attached hydrogens (tertiary/aromatic N) is 3. The number of carbonyl (C=O) groups excluding carboxylic acids is 2. The van der Waals surface area contributed by atoms with Gasteiger partial charge in [-0.15, -0.1) is 0 Å². The van der Waals surface area contributed by atoms with E-state index in [-0.39, 0.29) is 5.91 Å². The topological polar surface area (TPSA) is 73.3 Å². The van der Waals surface area contributed by atoms with Crippen LogP contribution in [0.25, 0.3) is 6.08 Å². The first-order valence-electron chi connectivity index (χ1n) is 12.0. The molecule has 0 aliphatic carbocycles. The normalized spacial score (nSPS) is 14.5. The Labute approximate surface area is 211 Å². The van der Waals surface area contributed by atoms with E-state index in [0.29, 0.717) is 23.7 Å². The molecule has 0 spiro atoms. The van der Waals surface area contributed by atoms with Crippen LogP contribution in [0.15, 0.2) is 84.9 Å². The molecule has 186 valence electrons. The molecule has 1 N–H and O–H groups in total. The minimum atomic E-state index is -0.514. The maximum absolute atomic E-state index is 13.0. The van der Waals surface area contributed by atoms with Crippen LogP contribution in [0, 0.1) is 0 Å². The standard InChI is InChI=1S/C29H31N3O4/c1-22(24-8-4-3-5-9-24)32(35)28(33)17-14-23-12-15-25(16-13-23)29(34)31-20-18-30(19-21-31)26-10-6-7-11-27(26)36-2/h3-17,22,35H,18-21H2,1-2H3. The summed E-state index contributed by atoms with van der Waals surface area (Å²) in [6, 6.07) is 23.9. The summed E-state index contributed by atoms with van der Waals surface area (Å²) in [5, 5.41) is 11.0. The molecular weight excluding hydrogens is 454 g/mol. The quantitative estimate of drug-likeness (QED) is 0.300. The van der Waals surface area contributed by atoms with Crippen molar-refractivity contribution in [2.45, 2.75) is 13.0 Å². The minimum absolute atomic E-state index is 0.0144.